The van der Waals surface area contributed by atoms with Crippen LogP contribution in [0.3, 0.4) is 0 Å². The Bertz CT molecular complexity index is 436. The Balaban J connectivity index is 2.53. The molecular formula is C9H8N2O2. The largest absolute Gasteiger partial charge is 0.443 e. The molecule has 0 bridgehead atoms. The average Bonchev–Trinajstić information content (AvgIpc) is 2.63. The summed E-state index contributed by atoms with van der Waals surface area (Å²) in [6.45, 7) is 0. The van der Waals surface area contributed by atoms with Gasteiger partial charge in [-0.15, -0.1) is 0 Å². The van der Waals surface area contributed by atoms with Crippen LogP contribution >= 0.6 is 0 Å². The molecule has 4 nitrogen and oxygen atoms in total. The molecule has 4 heteroatoms. The predicted molar refractivity (Wildman–Crippen MR) is 47.0 cm³/mol. The number of nitrogens with two attached hydrogens (primary N) is 1. The summed E-state index contributed by atoms with van der Waals surface area (Å²) in [5, 5.41) is 0. The van der Waals surface area contributed by atoms with Gasteiger partial charge >= 0.3 is 0 Å². The average molecular weight is 176 g/mol. The van der Waals surface area contributed by atoms with Crippen LogP contribution in [0.1, 0.15) is 11.6 Å². The lowest BCUT2D eigenvalue weighted by Gasteiger charge is -2.01. The van der Waals surface area contributed by atoms with Crippen molar-refractivity contribution in [3.05, 3.63) is 30.2 Å². The van der Waals surface area contributed by atoms with Gasteiger partial charge < -0.3 is 14.9 Å². The molecule has 0 saturated carbocycles. The maximum absolute atomic E-state index is 10.4. The number of aromatic nitrogens is 1. The third-order valence-corrected chi connectivity index (χ3v) is 1.89. The van der Waals surface area contributed by atoms with Crippen molar-refractivity contribution in [2.45, 2.75) is 6.04 Å². The molecule has 0 spiro atoms. The molecule has 0 saturated heterocycles. The number of hydrogen-bond acceptors (Lipinski definition) is 4. The van der Waals surface area contributed by atoms with E-state index in [1.807, 2.05) is 0 Å². The number of rotatable bonds is 2. The van der Waals surface area contributed by atoms with E-state index in [2.05, 4.69) is 4.98 Å². The lowest BCUT2D eigenvalue weighted by molar-refractivity contribution is -0.109. The first-order chi connectivity index (χ1) is 6.31. The zero-order chi connectivity index (χ0) is 9.26. The third kappa shape index (κ3) is 1.31. The second kappa shape index (κ2) is 2.99. The first kappa shape index (κ1) is 7.94. The summed E-state index contributed by atoms with van der Waals surface area (Å²) in [7, 11) is 0. The summed E-state index contributed by atoms with van der Waals surface area (Å²) in [5.74, 6) is 0. The zero-order valence-electron chi connectivity index (χ0n) is 6.81. The summed E-state index contributed by atoms with van der Waals surface area (Å²) in [5.41, 5.74) is 7.67. The molecular weight excluding hydrogens is 168 g/mol. The van der Waals surface area contributed by atoms with Gasteiger partial charge in [0.25, 0.3) is 0 Å². The number of carbonyl (C=O) groups is 1. The molecule has 2 N–H and O–H groups in total. The van der Waals surface area contributed by atoms with Gasteiger partial charge in [0.15, 0.2) is 12.0 Å². The molecule has 1 aromatic carbocycles. The van der Waals surface area contributed by atoms with Gasteiger partial charge in [0, 0.05) is 0 Å². The molecule has 0 aliphatic rings. The van der Waals surface area contributed by atoms with Gasteiger partial charge in [-0.05, 0) is 17.7 Å². The summed E-state index contributed by atoms with van der Waals surface area (Å²) in [4.78, 5) is 14.4. The Morgan fingerprint density at radius 1 is 1.54 bits per heavy atom. The van der Waals surface area contributed by atoms with Gasteiger partial charge in [-0.3, -0.25) is 0 Å². The molecule has 0 aliphatic heterocycles. The van der Waals surface area contributed by atoms with E-state index in [1.54, 1.807) is 18.2 Å². The van der Waals surface area contributed by atoms with Gasteiger partial charge in [-0.25, -0.2) is 4.98 Å². The first-order valence-electron chi connectivity index (χ1n) is 3.85. The smallest absolute Gasteiger partial charge is 0.181 e. The van der Waals surface area contributed by atoms with Crippen LogP contribution in [0.2, 0.25) is 0 Å². The highest BCUT2D eigenvalue weighted by atomic mass is 16.3. The van der Waals surface area contributed by atoms with Gasteiger partial charge in [0.05, 0.1) is 6.04 Å². The lowest BCUT2D eigenvalue weighted by atomic mass is 10.1. The Morgan fingerprint density at radius 2 is 2.38 bits per heavy atom. The van der Waals surface area contributed by atoms with Crippen LogP contribution in [0.4, 0.5) is 0 Å². The number of benzene rings is 1. The molecule has 1 unspecified atom stereocenters. The summed E-state index contributed by atoms with van der Waals surface area (Å²) in [6.07, 6.45) is 2.05. The van der Waals surface area contributed by atoms with Crippen LogP contribution < -0.4 is 5.73 Å². The van der Waals surface area contributed by atoms with Crippen LogP contribution in [-0.2, 0) is 4.79 Å². The standard InChI is InChI=1S/C9H8N2O2/c10-7(4-12)6-1-2-8-9(3-6)13-5-11-8/h1-5,7H,10H2. The van der Waals surface area contributed by atoms with Crippen molar-refractivity contribution in [2.75, 3.05) is 0 Å². The molecule has 0 radical (unpaired) electrons. The Morgan fingerprint density at radius 3 is 3.15 bits per heavy atom. The summed E-state index contributed by atoms with van der Waals surface area (Å²) in [6, 6.07) is 4.68. The lowest BCUT2D eigenvalue weighted by Crippen LogP contribution is -2.10. The van der Waals surface area contributed by atoms with Gasteiger partial charge in [0.2, 0.25) is 0 Å². The fourth-order valence-corrected chi connectivity index (χ4v) is 1.16. The Hall–Kier alpha value is -1.68. The van der Waals surface area contributed by atoms with Crippen molar-refractivity contribution in [3.63, 3.8) is 0 Å². The van der Waals surface area contributed by atoms with E-state index in [4.69, 9.17) is 10.2 Å². The Labute approximate surface area is 74.4 Å². The maximum Gasteiger partial charge on any atom is 0.181 e. The third-order valence-electron chi connectivity index (χ3n) is 1.89. The number of aldehydes is 1. The summed E-state index contributed by atoms with van der Waals surface area (Å²) >= 11 is 0. The van der Waals surface area contributed by atoms with E-state index in [9.17, 15) is 4.79 Å². The molecule has 2 aromatic rings. The molecule has 1 aromatic heterocycles. The van der Waals surface area contributed by atoms with Crippen molar-refractivity contribution in [1.29, 1.82) is 0 Å². The first-order valence-corrected chi connectivity index (χ1v) is 3.85. The number of nitrogens with zero attached hydrogens (tertiary/aromatic N) is 1. The molecule has 0 fully saturated rings. The SMILES string of the molecule is NC(C=O)c1ccc2ncoc2c1. The van der Waals surface area contributed by atoms with Crippen molar-refractivity contribution < 1.29 is 9.21 Å². The number of fused-ring (bicyclic) bond motifs is 1. The fourth-order valence-electron chi connectivity index (χ4n) is 1.16. The van der Waals surface area contributed by atoms with Gasteiger partial charge in [0.1, 0.15) is 11.8 Å². The van der Waals surface area contributed by atoms with E-state index in [-0.39, 0.29) is 0 Å². The molecule has 0 aliphatic carbocycles. The highest BCUT2D eigenvalue weighted by Gasteiger charge is 2.06. The molecule has 0 amide bonds. The second-order valence-corrected chi connectivity index (χ2v) is 2.74. The van der Waals surface area contributed by atoms with Crippen molar-refractivity contribution >= 4 is 17.4 Å². The van der Waals surface area contributed by atoms with Crippen LogP contribution in [0.5, 0.6) is 0 Å². The van der Waals surface area contributed by atoms with Gasteiger partial charge in [-0.2, -0.15) is 0 Å². The minimum Gasteiger partial charge on any atom is -0.443 e. The van der Waals surface area contributed by atoms with E-state index < -0.39 is 6.04 Å². The van der Waals surface area contributed by atoms with E-state index >= 15 is 0 Å². The van der Waals surface area contributed by atoms with Crippen molar-refractivity contribution in [2.24, 2.45) is 5.73 Å². The van der Waals surface area contributed by atoms with Crippen molar-refractivity contribution in [3.8, 4) is 0 Å². The maximum atomic E-state index is 10.4. The molecule has 1 atom stereocenters. The van der Waals surface area contributed by atoms with Crippen LogP contribution in [0.25, 0.3) is 11.1 Å². The number of hydrogen-bond donors (Lipinski definition) is 1. The number of carbonyl (C=O) groups excluding carboxylic acids is 1. The predicted octanol–water partition coefficient (Wildman–Crippen LogP) is 1.03. The van der Waals surface area contributed by atoms with E-state index in [0.29, 0.717) is 11.9 Å². The van der Waals surface area contributed by atoms with Gasteiger partial charge in [-0.1, -0.05) is 6.07 Å². The van der Waals surface area contributed by atoms with Crippen molar-refractivity contribution in [1.82, 2.24) is 4.98 Å². The van der Waals surface area contributed by atoms with Crippen LogP contribution in [-0.4, -0.2) is 11.3 Å². The van der Waals surface area contributed by atoms with E-state index in [1.165, 1.54) is 6.39 Å². The molecule has 1 heterocycles. The summed E-state index contributed by atoms with van der Waals surface area (Å²) < 4.78 is 5.07. The van der Waals surface area contributed by atoms with Crippen LogP contribution in [0.15, 0.2) is 29.0 Å². The fraction of sp³-hybridized carbons (Fsp3) is 0.111. The topological polar surface area (TPSA) is 69.1 Å². The molecule has 2 rings (SSSR count). The quantitative estimate of drug-likeness (QED) is 0.694. The minimum absolute atomic E-state index is 0.588. The second-order valence-electron chi connectivity index (χ2n) is 2.74. The monoisotopic (exact) mass is 176 g/mol. The zero-order valence-corrected chi connectivity index (χ0v) is 6.81. The Kier molecular flexibility index (Phi) is 1.83. The number of oxazole rings is 1. The highest BCUT2D eigenvalue weighted by molar-refractivity contribution is 5.74. The minimum atomic E-state index is -0.588. The van der Waals surface area contributed by atoms with Crippen LogP contribution in [0, 0.1) is 0 Å². The highest BCUT2D eigenvalue weighted by Crippen LogP contribution is 2.17. The normalized spacial score (nSPS) is 13.0. The molecule has 13 heavy (non-hydrogen) atoms. The molecule has 66 valence electrons. The van der Waals surface area contributed by atoms with E-state index in [0.717, 1.165) is 11.1 Å².